The Morgan fingerprint density at radius 1 is 1.10 bits per heavy atom. The summed E-state index contributed by atoms with van der Waals surface area (Å²) in [5.74, 6) is -1.25. The molecule has 1 aromatic rings. The molecule has 29 heavy (non-hydrogen) atoms. The van der Waals surface area contributed by atoms with E-state index in [1.165, 1.54) is 0 Å². The first-order valence-electron chi connectivity index (χ1n) is 10.5. The first kappa shape index (κ1) is 20.4. The lowest BCUT2D eigenvalue weighted by atomic mass is 9.95. The quantitative estimate of drug-likeness (QED) is 0.430. The first-order chi connectivity index (χ1) is 13.6. The normalized spacial score (nSPS) is 32.8. The van der Waals surface area contributed by atoms with Crippen LogP contribution in [0.1, 0.15) is 45.1 Å². The van der Waals surface area contributed by atoms with E-state index in [0.29, 0.717) is 24.3 Å². The van der Waals surface area contributed by atoms with E-state index in [1.807, 2.05) is 30.3 Å². The highest BCUT2D eigenvalue weighted by atomic mass is 16.6. The summed E-state index contributed by atoms with van der Waals surface area (Å²) in [6.07, 6.45) is 2.16. The van der Waals surface area contributed by atoms with Crippen molar-refractivity contribution in [2.24, 2.45) is 5.41 Å². The highest BCUT2D eigenvalue weighted by molar-refractivity contribution is 5.80. The van der Waals surface area contributed by atoms with Gasteiger partial charge < -0.3 is 18.7 Å². The molecule has 6 heteroatoms. The number of nitrogens with zero attached hydrogens (tertiary/aromatic N) is 1. The molecule has 3 aliphatic heterocycles. The number of benzene rings is 1. The van der Waals surface area contributed by atoms with Gasteiger partial charge in [-0.2, -0.15) is 0 Å². The van der Waals surface area contributed by atoms with Gasteiger partial charge in [-0.3, -0.25) is 9.59 Å². The zero-order chi connectivity index (χ0) is 21.0. The number of rotatable bonds is 5. The molecule has 3 fully saturated rings. The zero-order valence-corrected chi connectivity index (χ0v) is 18.0. The van der Waals surface area contributed by atoms with Gasteiger partial charge in [-0.25, -0.2) is 0 Å². The predicted molar refractivity (Wildman–Crippen MR) is 107 cm³/mol. The van der Waals surface area contributed by atoms with Gasteiger partial charge in [-0.15, -0.1) is 0 Å². The van der Waals surface area contributed by atoms with Crippen molar-refractivity contribution in [3.8, 4) is 0 Å². The number of epoxide rings is 1. The van der Waals surface area contributed by atoms with Gasteiger partial charge in [-0.05, 0) is 26.3 Å². The third kappa shape index (κ3) is 3.80. The van der Waals surface area contributed by atoms with Gasteiger partial charge in [0.25, 0.3) is 0 Å². The molecule has 0 N–H and O–H groups in total. The minimum Gasteiger partial charge on any atom is -0.464 e. The third-order valence-corrected chi connectivity index (χ3v) is 6.80. The summed E-state index contributed by atoms with van der Waals surface area (Å²) in [5, 5.41) is 0. The molecule has 5 unspecified atom stereocenters. The molecule has 2 bridgehead atoms. The highest BCUT2D eigenvalue weighted by Gasteiger charge is 2.70. The summed E-state index contributed by atoms with van der Waals surface area (Å²) >= 11 is 0. The second-order valence-corrected chi connectivity index (χ2v) is 10.2. The molecule has 0 saturated carbocycles. The summed E-state index contributed by atoms with van der Waals surface area (Å²) < 4.78 is 18.2. The van der Waals surface area contributed by atoms with Crippen LogP contribution in [0.3, 0.4) is 0 Å². The number of piperidine rings is 1. The molecule has 3 aliphatic rings. The zero-order valence-electron chi connectivity index (χ0n) is 18.0. The van der Waals surface area contributed by atoms with Gasteiger partial charge in [0.2, 0.25) is 0 Å². The smallest absolute Gasteiger partial charge is 0.317 e. The lowest BCUT2D eigenvalue weighted by Gasteiger charge is -2.45. The average molecular weight is 403 g/mol. The Balaban J connectivity index is 1.44. The molecule has 1 aromatic carbocycles. The standard InChI is InChI=1S/C23H32NO5/c1-23(2,3)22(26)27-13-16(14-9-7-6-8-10-14)21(25)28-15-11-17-19-20(29-19)18(12-15)24(17,4)5/h6-10,15-20H,11-13H2,1-5H3/q+1. The molecule has 0 radical (unpaired) electrons. The van der Waals surface area contributed by atoms with Crippen molar-refractivity contribution in [2.45, 2.75) is 69.9 Å². The number of ether oxygens (including phenoxy) is 3. The number of morpholine rings is 1. The maximum absolute atomic E-state index is 13.1. The maximum Gasteiger partial charge on any atom is 0.317 e. The van der Waals surface area contributed by atoms with Crippen LogP contribution >= 0.6 is 0 Å². The highest BCUT2D eigenvalue weighted by Crippen LogP contribution is 2.51. The first-order valence-corrected chi connectivity index (χ1v) is 10.5. The largest absolute Gasteiger partial charge is 0.464 e. The van der Waals surface area contributed by atoms with Crippen molar-refractivity contribution in [1.82, 2.24) is 0 Å². The second-order valence-electron chi connectivity index (χ2n) is 10.2. The van der Waals surface area contributed by atoms with E-state index < -0.39 is 11.3 Å². The molecule has 6 nitrogen and oxygen atoms in total. The number of hydrogen-bond acceptors (Lipinski definition) is 5. The van der Waals surface area contributed by atoms with Crippen LogP contribution in [0, 0.1) is 5.41 Å². The van der Waals surface area contributed by atoms with E-state index in [4.69, 9.17) is 14.2 Å². The van der Waals surface area contributed by atoms with Crippen LogP contribution in [-0.2, 0) is 23.8 Å². The van der Waals surface area contributed by atoms with Crippen LogP contribution in [0.25, 0.3) is 0 Å². The lowest BCUT2D eigenvalue weighted by Crippen LogP contribution is -2.60. The Hall–Kier alpha value is -1.92. The Morgan fingerprint density at radius 2 is 1.69 bits per heavy atom. The number of carbonyl (C=O) groups is 2. The number of quaternary nitrogens is 1. The van der Waals surface area contributed by atoms with E-state index in [1.54, 1.807) is 20.8 Å². The van der Waals surface area contributed by atoms with Crippen molar-refractivity contribution in [1.29, 1.82) is 0 Å². The van der Waals surface area contributed by atoms with E-state index in [2.05, 4.69) is 14.1 Å². The summed E-state index contributed by atoms with van der Waals surface area (Å²) in [7, 11) is 4.50. The van der Waals surface area contributed by atoms with E-state index in [0.717, 1.165) is 22.9 Å². The van der Waals surface area contributed by atoms with E-state index >= 15 is 0 Å². The Bertz CT molecular complexity index is 764. The summed E-state index contributed by atoms with van der Waals surface area (Å²) in [4.78, 5) is 25.3. The number of hydrogen-bond donors (Lipinski definition) is 0. The van der Waals surface area contributed by atoms with Crippen LogP contribution in [0.15, 0.2) is 30.3 Å². The van der Waals surface area contributed by atoms with Crippen LogP contribution in [0.2, 0.25) is 0 Å². The summed E-state index contributed by atoms with van der Waals surface area (Å²) in [6, 6.07) is 10.2. The SMILES string of the molecule is CC(C)(C)C(=O)OCC(C(=O)OC1CC2C3OC3C(C1)[N+]2(C)C)c1ccccc1. The van der Waals surface area contributed by atoms with Gasteiger partial charge in [0, 0.05) is 12.8 Å². The fraction of sp³-hybridized carbons (Fsp3) is 0.652. The molecule has 158 valence electrons. The number of fused-ring (bicyclic) bond motifs is 5. The fourth-order valence-electron chi connectivity index (χ4n) is 4.91. The van der Waals surface area contributed by atoms with Crippen LogP contribution in [0.4, 0.5) is 0 Å². The minimum atomic E-state index is -0.615. The van der Waals surface area contributed by atoms with Gasteiger partial charge in [-0.1, -0.05) is 30.3 Å². The summed E-state index contributed by atoms with van der Waals surface area (Å²) in [6.45, 7) is 5.40. The van der Waals surface area contributed by atoms with Crippen LogP contribution in [-0.4, -0.2) is 67.5 Å². The van der Waals surface area contributed by atoms with Gasteiger partial charge >= 0.3 is 11.9 Å². The van der Waals surface area contributed by atoms with Crippen molar-refractivity contribution >= 4 is 11.9 Å². The van der Waals surface area contributed by atoms with Gasteiger partial charge in [0.15, 0.2) is 0 Å². The predicted octanol–water partition coefficient (Wildman–Crippen LogP) is 2.66. The molecule has 4 rings (SSSR count). The number of carbonyl (C=O) groups excluding carboxylic acids is 2. The maximum atomic E-state index is 13.1. The molecule has 3 saturated heterocycles. The molecular weight excluding hydrogens is 370 g/mol. The second kappa shape index (κ2) is 7.10. The minimum absolute atomic E-state index is 0.00551. The van der Waals surface area contributed by atoms with Gasteiger partial charge in [0.05, 0.1) is 19.5 Å². The van der Waals surface area contributed by atoms with Crippen molar-refractivity contribution in [3.05, 3.63) is 35.9 Å². The van der Waals surface area contributed by atoms with Gasteiger partial charge in [0.1, 0.15) is 42.9 Å². The van der Waals surface area contributed by atoms with E-state index in [-0.39, 0.29) is 24.6 Å². The topological polar surface area (TPSA) is 65.1 Å². The average Bonchev–Trinajstić information content (AvgIpc) is 3.40. The Morgan fingerprint density at radius 3 is 2.24 bits per heavy atom. The van der Waals surface area contributed by atoms with Crippen molar-refractivity contribution in [3.63, 3.8) is 0 Å². The monoisotopic (exact) mass is 402 g/mol. The van der Waals surface area contributed by atoms with Crippen LogP contribution in [0.5, 0.6) is 0 Å². The molecule has 0 spiro atoms. The van der Waals surface area contributed by atoms with E-state index in [9.17, 15) is 9.59 Å². The van der Waals surface area contributed by atoms with Crippen molar-refractivity contribution < 1.29 is 28.3 Å². The molecule has 5 atom stereocenters. The molecule has 0 aliphatic carbocycles. The van der Waals surface area contributed by atoms with Crippen LogP contribution < -0.4 is 0 Å². The summed E-state index contributed by atoms with van der Waals surface area (Å²) in [5.41, 5.74) is 0.193. The lowest BCUT2D eigenvalue weighted by molar-refractivity contribution is -0.938. The molecule has 3 heterocycles. The van der Waals surface area contributed by atoms with Crippen molar-refractivity contribution in [2.75, 3.05) is 20.7 Å². The number of likely N-dealkylation sites (N-methyl/N-ethyl adjacent to an activating group) is 1. The Kier molecular flexibility index (Phi) is 4.98. The Labute approximate surface area is 172 Å². The fourth-order valence-corrected chi connectivity index (χ4v) is 4.91. The number of esters is 2. The molecule has 0 amide bonds. The molecule has 0 aromatic heterocycles. The molecular formula is C23H32NO5+. The third-order valence-electron chi connectivity index (χ3n) is 6.80.